The van der Waals surface area contributed by atoms with Gasteiger partial charge in [0.05, 0.1) is 42.1 Å². The van der Waals surface area contributed by atoms with Gasteiger partial charge in [-0.3, -0.25) is 29.8 Å². The Balaban J connectivity index is 2.10. The first kappa shape index (κ1) is 24.5. The summed E-state index contributed by atoms with van der Waals surface area (Å²) in [6.45, 7) is 6.38. The molecule has 2 aromatic carbocycles. The van der Waals surface area contributed by atoms with Crippen LogP contribution in [0.3, 0.4) is 0 Å². The standard InChI is InChI=1S/C23H24N4O7/c1-3-24(4-2)13-14-25-20(15-5-9-17(10-6-15)26(31)32)19(22(29)23(25)30)21(28)16-7-11-18(12-8-16)27(33)34/h5-12,20,28H,3-4,13-14H2,1-2H3/b21-19+. The molecule has 1 aliphatic heterocycles. The van der Waals surface area contributed by atoms with Crippen molar-refractivity contribution in [3.63, 3.8) is 0 Å². The van der Waals surface area contributed by atoms with Gasteiger partial charge in [-0.25, -0.2) is 0 Å². The number of nitrogens with zero attached hydrogens (tertiary/aromatic N) is 3. The fraction of sp³-hybridized carbons (Fsp3) is 0.304. The number of Topliss-reactive ketones (excluding diaryl/α,β-unsaturated/α-hetero) is 1. The van der Waals surface area contributed by atoms with E-state index in [2.05, 4.69) is 0 Å². The van der Waals surface area contributed by atoms with Gasteiger partial charge in [0.2, 0.25) is 5.78 Å². The van der Waals surface area contributed by atoms with E-state index in [0.29, 0.717) is 12.1 Å². The Morgan fingerprint density at radius 1 is 0.912 bits per heavy atom. The van der Waals surface area contributed by atoms with Crippen LogP contribution in [0.2, 0.25) is 0 Å². The Morgan fingerprint density at radius 3 is 1.88 bits per heavy atom. The maximum atomic E-state index is 13.3. The molecular formula is C23H24N4O7. The summed E-state index contributed by atoms with van der Waals surface area (Å²) < 4.78 is 0. The van der Waals surface area contributed by atoms with E-state index in [0.717, 1.165) is 25.2 Å². The zero-order valence-electron chi connectivity index (χ0n) is 18.7. The molecule has 2 aromatic rings. The van der Waals surface area contributed by atoms with Crippen molar-refractivity contribution < 1.29 is 29.4 Å². The van der Waals surface area contributed by atoms with Crippen molar-refractivity contribution in [1.29, 1.82) is 0 Å². The lowest BCUT2D eigenvalue weighted by Gasteiger charge is -2.28. The molecule has 1 atom stereocenters. The molecule has 11 heteroatoms. The number of rotatable bonds is 9. The zero-order chi connectivity index (χ0) is 25.0. The van der Waals surface area contributed by atoms with E-state index in [1.807, 2.05) is 13.8 Å². The van der Waals surface area contributed by atoms with Gasteiger partial charge in [0.25, 0.3) is 17.3 Å². The lowest BCUT2D eigenvalue weighted by molar-refractivity contribution is -0.895. The third-order valence-corrected chi connectivity index (χ3v) is 6.00. The van der Waals surface area contributed by atoms with Gasteiger partial charge in [-0.2, -0.15) is 0 Å². The van der Waals surface area contributed by atoms with Gasteiger partial charge in [-0.05, 0) is 49.2 Å². The van der Waals surface area contributed by atoms with Crippen LogP contribution in [0.4, 0.5) is 11.4 Å². The van der Waals surface area contributed by atoms with Gasteiger partial charge in [0, 0.05) is 29.8 Å². The van der Waals surface area contributed by atoms with E-state index in [1.165, 1.54) is 46.2 Å². The van der Waals surface area contributed by atoms with Crippen LogP contribution in [-0.2, 0) is 9.59 Å². The van der Waals surface area contributed by atoms with Crippen LogP contribution in [0.25, 0.3) is 5.76 Å². The predicted molar refractivity (Wildman–Crippen MR) is 119 cm³/mol. The summed E-state index contributed by atoms with van der Waals surface area (Å²) in [5, 5.41) is 35.3. The van der Waals surface area contributed by atoms with Crippen molar-refractivity contribution in [1.82, 2.24) is 4.90 Å². The number of non-ortho nitro benzene ring substituents is 2. The molecule has 1 saturated heterocycles. The van der Waals surface area contributed by atoms with Crippen LogP contribution in [0.15, 0.2) is 54.1 Å². The van der Waals surface area contributed by atoms with Crippen molar-refractivity contribution in [3.8, 4) is 0 Å². The van der Waals surface area contributed by atoms with E-state index in [4.69, 9.17) is 0 Å². The van der Waals surface area contributed by atoms with E-state index < -0.39 is 33.3 Å². The largest absolute Gasteiger partial charge is 0.872 e. The minimum Gasteiger partial charge on any atom is -0.872 e. The fourth-order valence-electron chi connectivity index (χ4n) is 4.00. The Bertz CT molecular complexity index is 1140. The number of carbonyl (C=O) groups excluding carboxylic acids is 2. The second-order valence-corrected chi connectivity index (χ2v) is 7.83. The van der Waals surface area contributed by atoms with E-state index >= 15 is 0 Å². The number of ketones is 1. The SMILES string of the molecule is CC[NH+](CC)CCN1C(=O)C(=O)/C(=C(/[O-])c2ccc([N+](=O)[O-])cc2)C1c1ccc([N+](=O)[O-])cc1. The molecular weight excluding hydrogens is 444 g/mol. The van der Waals surface area contributed by atoms with Crippen molar-refractivity contribution in [3.05, 3.63) is 85.5 Å². The molecule has 1 unspecified atom stereocenters. The number of nitrogens with one attached hydrogen (secondary N) is 1. The Morgan fingerprint density at radius 2 is 1.41 bits per heavy atom. The summed E-state index contributed by atoms with van der Waals surface area (Å²) in [6, 6.07) is 9.12. The van der Waals surface area contributed by atoms with Gasteiger partial charge in [0.1, 0.15) is 0 Å². The molecule has 1 aliphatic rings. The number of quaternary nitrogens is 1. The smallest absolute Gasteiger partial charge is 0.295 e. The fourth-order valence-corrected chi connectivity index (χ4v) is 4.00. The second-order valence-electron chi connectivity index (χ2n) is 7.83. The van der Waals surface area contributed by atoms with Gasteiger partial charge in [-0.1, -0.05) is 5.76 Å². The van der Waals surface area contributed by atoms with Gasteiger partial charge in [0.15, 0.2) is 0 Å². The van der Waals surface area contributed by atoms with Crippen LogP contribution >= 0.6 is 0 Å². The Hall–Kier alpha value is -4.12. The molecule has 1 fully saturated rings. The molecule has 0 aromatic heterocycles. The number of likely N-dealkylation sites (tertiary alicyclic amines) is 1. The number of likely N-dealkylation sites (N-methyl/N-ethyl adjacent to an activating group) is 1. The summed E-state index contributed by atoms with van der Waals surface area (Å²) in [6.07, 6.45) is 0. The monoisotopic (exact) mass is 468 g/mol. The second kappa shape index (κ2) is 10.2. The van der Waals surface area contributed by atoms with E-state index in [-0.39, 0.29) is 29.1 Å². The number of benzene rings is 2. The lowest BCUT2D eigenvalue weighted by atomic mass is 9.95. The quantitative estimate of drug-likeness (QED) is 0.187. The number of amides is 1. The highest BCUT2D eigenvalue weighted by Crippen LogP contribution is 2.39. The predicted octanol–water partition coefficient (Wildman–Crippen LogP) is 0.652. The van der Waals surface area contributed by atoms with Crippen molar-refractivity contribution in [2.45, 2.75) is 19.9 Å². The minimum atomic E-state index is -1.02. The Labute approximate surface area is 195 Å². The summed E-state index contributed by atoms with van der Waals surface area (Å²) in [7, 11) is 0. The van der Waals surface area contributed by atoms with Gasteiger partial charge >= 0.3 is 0 Å². The molecule has 1 N–H and O–H groups in total. The number of hydrogen-bond acceptors (Lipinski definition) is 7. The molecule has 1 amide bonds. The number of hydrogen-bond donors (Lipinski definition) is 1. The number of nitro benzene ring substituents is 2. The summed E-state index contributed by atoms with van der Waals surface area (Å²) >= 11 is 0. The van der Waals surface area contributed by atoms with Crippen LogP contribution in [0.5, 0.6) is 0 Å². The molecule has 0 spiro atoms. The lowest BCUT2D eigenvalue weighted by Crippen LogP contribution is -3.12. The van der Waals surface area contributed by atoms with Crippen molar-refractivity contribution in [2.24, 2.45) is 0 Å². The maximum absolute atomic E-state index is 13.3. The molecule has 0 radical (unpaired) electrons. The van der Waals surface area contributed by atoms with Crippen LogP contribution < -0.4 is 10.0 Å². The van der Waals surface area contributed by atoms with E-state index in [1.54, 1.807) is 0 Å². The number of carbonyl (C=O) groups is 2. The molecule has 0 aliphatic carbocycles. The molecule has 0 saturated carbocycles. The van der Waals surface area contributed by atoms with Crippen molar-refractivity contribution in [2.75, 3.05) is 26.2 Å². The highest BCUT2D eigenvalue weighted by Gasteiger charge is 2.44. The molecule has 11 nitrogen and oxygen atoms in total. The average molecular weight is 468 g/mol. The first-order valence-electron chi connectivity index (χ1n) is 10.8. The van der Waals surface area contributed by atoms with Crippen molar-refractivity contribution >= 4 is 28.8 Å². The zero-order valence-corrected chi connectivity index (χ0v) is 18.7. The third-order valence-electron chi connectivity index (χ3n) is 6.00. The maximum Gasteiger partial charge on any atom is 0.295 e. The molecule has 178 valence electrons. The molecule has 34 heavy (non-hydrogen) atoms. The first-order valence-corrected chi connectivity index (χ1v) is 10.8. The Kier molecular flexibility index (Phi) is 7.37. The summed E-state index contributed by atoms with van der Waals surface area (Å²) in [4.78, 5) is 49.2. The van der Waals surface area contributed by atoms with Gasteiger partial charge < -0.3 is 14.9 Å². The van der Waals surface area contributed by atoms with Gasteiger partial charge in [-0.15, -0.1) is 0 Å². The highest BCUT2D eigenvalue weighted by atomic mass is 16.6. The third kappa shape index (κ3) is 4.79. The topological polar surface area (TPSA) is 151 Å². The minimum absolute atomic E-state index is 0.0323. The van der Waals surface area contributed by atoms with Crippen LogP contribution in [0.1, 0.15) is 31.0 Å². The average Bonchev–Trinajstić information content (AvgIpc) is 3.09. The normalized spacial score (nSPS) is 17.4. The molecule has 0 bridgehead atoms. The van der Waals surface area contributed by atoms with E-state index in [9.17, 15) is 34.9 Å². The summed E-state index contributed by atoms with van der Waals surface area (Å²) in [5.41, 5.74) is -0.232. The highest BCUT2D eigenvalue weighted by molar-refractivity contribution is 6.46. The van der Waals surface area contributed by atoms with Crippen LogP contribution in [-0.4, -0.2) is 52.6 Å². The molecule has 3 rings (SSSR count). The first-order chi connectivity index (χ1) is 16.2. The number of nitro groups is 2. The molecule has 1 heterocycles. The van der Waals surface area contributed by atoms with Crippen LogP contribution in [0, 0.1) is 20.2 Å². The summed E-state index contributed by atoms with van der Waals surface area (Å²) in [5.74, 6) is -2.48.